The lowest BCUT2D eigenvalue weighted by Crippen LogP contribution is -2.16. The molecule has 0 aliphatic heterocycles. The first-order chi connectivity index (χ1) is 12.1. The van der Waals surface area contributed by atoms with Crippen molar-refractivity contribution in [3.63, 3.8) is 0 Å². The Balaban J connectivity index is 1.77. The number of nitrogens with one attached hydrogen (secondary N) is 2. The van der Waals surface area contributed by atoms with Gasteiger partial charge in [0.1, 0.15) is 5.75 Å². The van der Waals surface area contributed by atoms with Crippen LogP contribution in [0.1, 0.15) is 35.7 Å². The lowest BCUT2D eigenvalue weighted by molar-refractivity contribution is -0.117. The number of anilines is 2. The van der Waals surface area contributed by atoms with Crippen molar-refractivity contribution >= 4 is 23.2 Å². The van der Waals surface area contributed by atoms with E-state index in [2.05, 4.69) is 10.6 Å². The molecule has 2 aromatic carbocycles. The van der Waals surface area contributed by atoms with Crippen LogP contribution in [0.2, 0.25) is 0 Å². The van der Waals surface area contributed by atoms with Crippen molar-refractivity contribution in [1.29, 1.82) is 0 Å². The van der Waals surface area contributed by atoms with Crippen molar-refractivity contribution in [1.82, 2.24) is 0 Å². The molecule has 1 saturated carbocycles. The average Bonchev–Trinajstić information content (AvgIpc) is 3.44. The topological polar surface area (TPSA) is 67.4 Å². The molecule has 25 heavy (non-hydrogen) atoms. The smallest absolute Gasteiger partial charge is 0.255 e. The molecule has 0 atom stereocenters. The highest BCUT2D eigenvalue weighted by Crippen LogP contribution is 2.31. The van der Waals surface area contributed by atoms with Crippen LogP contribution < -0.4 is 15.4 Å². The number of carbonyl (C=O) groups is 2. The minimum absolute atomic E-state index is 0.0300. The summed E-state index contributed by atoms with van der Waals surface area (Å²) in [6, 6.07) is 12.6. The lowest BCUT2D eigenvalue weighted by Gasteiger charge is -2.13. The van der Waals surface area contributed by atoms with E-state index < -0.39 is 0 Å². The predicted octanol–water partition coefficient (Wildman–Crippen LogP) is 3.99. The third kappa shape index (κ3) is 4.18. The van der Waals surface area contributed by atoms with Crippen LogP contribution in [0.15, 0.2) is 42.5 Å². The largest absolute Gasteiger partial charge is 0.492 e. The summed E-state index contributed by atoms with van der Waals surface area (Å²) in [5.74, 6) is 0.541. The molecule has 1 fully saturated rings. The second-order valence-electron chi connectivity index (χ2n) is 6.18. The third-order valence-corrected chi connectivity index (χ3v) is 4.14. The summed E-state index contributed by atoms with van der Waals surface area (Å²) in [5, 5.41) is 5.79. The Bertz CT molecular complexity index is 797. The highest BCUT2D eigenvalue weighted by atomic mass is 16.5. The fourth-order valence-electron chi connectivity index (χ4n) is 2.52. The van der Waals surface area contributed by atoms with Gasteiger partial charge in [-0.1, -0.05) is 18.2 Å². The average molecular weight is 338 g/mol. The molecule has 5 nitrogen and oxygen atoms in total. The van der Waals surface area contributed by atoms with Gasteiger partial charge in [-0.05, 0) is 56.5 Å². The van der Waals surface area contributed by atoms with Crippen LogP contribution in [-0.4, -0.2) is 18.4 Å². The quantitative estimate of drug-likeness (QED) is 0.837. The Morgan fingerprint density at radius 1 is 1.08 bits per heavy atom. The Kier molecular flexibility index (Phi) is 5.03. The molecule has 2 N–H and O–H groups in total. The van der Waals surface area contributed by atoms with Gasteiger partial charge in [-0.15, -0.1) is 0 Å². The standard InChI is InChI=1S/C20H22N2O3/c1-3-25-18-7-5-4-6-16(18)21-20(24)15-9-8-13(2)17(12-15)22-19(23)14-10-11-14/h4-9,12,14H,3,10-11H2,1-2H3,(H,21,24)(H,22,23). The van der Waals surface area contributed by atoms with Gasteiger partial charge in [0.05, 0.1) is 12.3 Å². The summed E-state index contributed by atoms with van der Waals surface area (Å²) in [6.45, 7) is 4.33. The molecule has 5 heteroatoms. The van der Waals surface area contributed by atoms with E-state index in [1.807, 2.05) is 38.1 Å². The first kappa shape index (κ1) is 17.0. The summed E-state index contributed by atoms with van der Waals surface area (Å²) < 4.78 is 5.53. The van der Waals surface area contributed by atoms with E-state index in [9.17, 15) is 9.59 Å². The highest BCUT2D eigenvalue weighted by molar-refractivity contribution is 6.06. The molecule has 1 aliphatic carbocycles. The number of ether oxygens (including phenoxy) is 1. The van der Waals surface area contributed by atoms with Crippen LogP contribution in [0.25, 0.3) is 0 Å². The molecular weight excluding hydrogens is 316 g/mol. The van der Waals surface area contributed by atoms with Gasteiger partial charge in [-0.2, -0.15) is 0 Å². The molecule has 0 spiro atoms. The van der Waals surface area contributed by atoms with Gasteiger partial charge < -0.3 is 15.4 Å². The SMILES string of the molecule is CCOc1ccccc1NC(=O)c1ccc(C)c(NC(=O)C2CC2)c1. The molecule has 0 aromatic heterocycles. The van der Waals surface area contributed by atoms with Gasteiger partial charge in [-0.25, -0.2) is 0 Å². The monoisotopic (exact) mass is 338 g/mol. The summed E-state index contributed by atoms with van der Waals surface area (Å²) in [7, 11) is 0. The number of carbonyl (C=O) groups excluding carboxylic acids is 2. The number of rotatable bonds is 6. The van der Waals surface area contributed by atoms with Gasteiger partial charge in [0.2, 0.25) is 5.91 Å². The zero-order valence-electron chi connectivity index (χ0n) is 14.5. The predicted molar refractivity (Wildman–Crippen MR) is 98.1 cm³/mol. The number of benzene rings is 2. The number of hydrogen-bond acceptors (Lipinski definition) is 3. The fraction of sp³-hybridized carbons (Fsp3) is 0.300. The Hall–Kier alpha value is -2.82. The molecule has 0 unspecified atom stereocenters. The van der Waals surface area contributed by atoms with Gasteiger partial charge in [-0.3, -0.25) is 9.59 Å². The second kappa shape index (κ2) is 7.38. The lowest BCUT2D eigenvalue weighted by atomic mass is 10.1. The van der Waals surface area contributed by atoms with E-state index in [0.717, 1.165) is 18.4 Å². The van der Waals surface area contributed by atoms with Crippen molar-refractivity contribution in [2.24, 2.45) is 5.92 Å². The molecule has 0 saturated heterocycles. The molecule has 130 valence electrons. The molecule has 0 radical (unpaired) electrons. The van der Waals surface area contributed by atoms with Gasteiger partial charge in [0.15, 0.2) is 0 Å². The number of para-hydroxylation sites is 2. The summed E-state index contributed by atoms with van der Waals surface area (Å²) >= 11 is 0. The van der Waals surface area contributed by atoms with E-state index >= 15 is 0 Å². The molecular formula is C20H22N2O3. The number of amides is 2. The third-order valence-electron chi connectivity index (χ3n) is 4.14. The molecule has 2 amide bonds. The minimum atomic E-state index is -0.242. The molecule has 1 aliphatic rings. The van der Waals surface area contributed by atoms with Crippen LogP contribution in [0.5, 0.6) is 5.75 Å². The summed E-state index contributed by atoms with van der Waals surface area (Å²) in [5.41, 5.74) is 2.73. The zero-order chi connectivity index (χ0) is 17.8. The summed E-state index contributed by atoms with van der Waals surface area (Å²) in [6.07, 6.45) is 1.89. The van der Waals surface area contributed by atoms with E-state index in [0.29, 0.717) is 29.3 Å². The highest BCUT2D eigenvalue weighted by Gasteiger charge is 2.29. The normalized spacial score (nSPS) is 13.2. The van der Waals surface area contributed by atoms with Crippen LogP contribution in [-0.2, 0) is 4.79 Å². The zero-order valence-corrected chi connectivity index (χ0v) is 14.5. The number of hydrogen-bond donors (Lipinski definition) is 2. The molecule has 0 bridgehead atoms. The first-order valence-electron chi connectivity index (χ1n) is 8.53. The minimum Gasteiger partial charge on any atom is -0.492 e. The Morgan fingerprint density at radius 3 is 2.56 bits per heavy atom. The van der Waals surface area contributed by atoms with Crippen molar-refractivity contribution in [3.05, 3.63) is 53.6 Å². The van der Waals surface area contributed by atoms with E-state index in [-0.39, 0.29) is 17.7 Å². The Labute approximate surface area is 147 Å². The van der Waals surface area contributed by atoms with E-state index in [1.54, 1.807) is 18.2 Å². The van der Waals surface area contributed by atoms with Crippen molar-refractivity contribution in [3.8, 4) is 5.75 Å². The maximum atomic E-state index is 12.6. The summed E-state index contributed by atoms with van der Waals surface area (Å²) in [4.78, 5) is 24.6. The van der Waals surface area contributed by atoms with Crippen molar-refractivity contribution in [2.45, 2.75) is 26.7 Å². The van der Waals surface area contributed by atoms with Gasteiger partial charge in [0.25, 0.3) is 5.91 Å². The maximum Gasteiger partial charge on any atom is 0.255 e. The first-order valence-corrected chi connectivity index (χ1v) is 8.53. The molecule has 2 aromatic rings. The maximum absolute atomic E-state index is 12.6. The van der Waals surface area contributed by atoms with Crippen molar-refractivity contribution < 1.29 is 14.3 Å². The molecule has 3 rings (SSSR count). The van der Waals surface area contributed by atoms with Crippen LogP contribution in [0.3, 0.4) is 0 Å². The van der Waals surface area contributed by atoms with E-state index in [1.165, 1.54) is 0 Å². The van der Waals surface area contributed by atoms with Crippen LogP contribution in [0.4, 0.5) is 11.4 Å². The van der Waals surface area contributed by atoms with Gasteiger partial charge >= 0.3 is 0 Å². The second-order valence-corrected chi connectivity index (χ2v) is 6.18. The van der Waals surface area contributed by atoms with Crippen LogP contribution >= 0.6 is 0 Å². The van der Waals surface area contributed by atoms with Crippen LogP contribution in [0, 0.1) is 12.8 Å². The van der Waals surface area contributed by atoms with Gasteiger partial charge in [0, 0.05) is 17.2 Å². The van der Waals surface area contributed by atoms with E-state index in [4.69, 9.17) is 4.74 Å². The number of aryl methyl sites for hydroxylation is 1. The fourth-order valence-corrected chi connectivity index (χ4v) is 2.52. The van der Waals surface area contributed by atoms with Crippen molar-refractivity contribution in [2.75, 3.05) is 17.2 Å². The Morgan fingerprint density at radius 2 is 1.84 bits per heavy atom. The molecule has 0 heterocycles.